The van der Waals surface area contributed by atoms with Crippen molar-refractivity contribution in [3.05, 3.63) is 35.4 Å². The van der Waals surface area contributed by atoms with Gasteiger partial charge in [0.05, 0.1) is 0 Å². The average Bonchev–Trinajstić information content (AvgIpc) is 2.29. The highest BCUT2D eigenvalue weighted by atomic mass is 16.2. The highest BCUT2D eigenvalue weighted by molar-refractivity contribution is 5.75. The molecule has 0 aromatic heterocycles. The Bertz CT molecular complexity index is 355. The maximum Gasteiger partial charge on any atom is 0.222 e. The van der Waals surface area contributed by atoms with E-state index in [4.69, 9.17) is 0 Å². The predicted octanol–water partition coefficient (Wildman–Crippen LogP) is 1.91. The number of nitrogens with zero attached hydrogens (tertiary/aromatic N) is 1. The van der Waals surface area contributed by atoms with Crippen LogP contribution >= 0.6 is 0 Å². The van der Waals surface area contributed by atoms with Gasteiger partial charge in [-0.1, -0.05) is 24.3 Å². The smallest absolute Gasteiger partial charge is 0.222 e. The Hall–Kier alpha value is -1.64. The highest BCUT2D eigenvalue weighted by Crippen LogP contribution is 2.07. The van der Waals surface area contributed by atoms with Crippen molar-refractivity contribution in [3.8, 4) is 0 Å². The lowest BCUT2D eigenvalue weighted by atomic mass is 10.1. The number of amides is 1. The van der Waals surface area contributed by atoms with Gasteiger partial charge in [-0.3, -0.25) is 9.59 Å². The van der Waals surface area contributed by atoms with Crippen LogP contribution in [0.5, 0.6) is 0 Å². The molecule has 1 rings (SSSR count). The fourth-order valence-corrected chi connectivity index (χ4v) is 1.43. The quantitative estimate of drug-likeness (QED) is 0.709. The zero-order valence-electron chi connectivity index (χ0n) is 9.77. The molecule has 0 aliphatic carbocycles. The summed E-state index contributed by atoms with van der Waals surface area (Å²) in [5.41, 5.74) is 1.85. The van der Waals surface area contributed by atoms with Crippen molar-refractivity contribution in [2.24, 2.45) is 0 Å². The fourth-order valence-electron chi connectivity index (χ4n) is 1.43. The number of rotatable bonds is 5. The minimum Gasteiger partial charge on any atom is -0.349 e. The van der Waals surface area contributed by atoms with Gasteiger partial charge in [0, 0.05) is 26.1 Å². The minimum atomic E-state index is 0.157. The number of hydrogen-bond donors (Lipinski definition) is 0. The molecule has 1 amide bonds. The number of hydrogen-bond acceptors (Lipinski definition) is 2. The molecule has 0 N–H and O–H groups in total. The van der Waals surface area contributed by atoms with Crippen LogP contribution in [0.3, 0.4) is 0 Å². The van der Waals surface area contributed by atoms with Gasteiger partial charge in [-0.15, -0.1) is 0 Å². The van der Waals surface area contributed by atoms with Crippen LogP contribution in [0.1, 0.15) is 28.8 Å². The third kappa shape index (κ3) is 3.85. The summed E-state index contributed by atoms with van der Waals surface area (Å²) in [6, 6.07) is 7.47. The molecule has 1 aromatic rings. The lowest BCUT2D eigenvalue weighted by Gasteiger charge is -2.09. The first-order valence-electron chi connectivity index (χ1n) is 5.38. The van der Waals surface area contributed by atoms with E-state index in [1.807, 2.05) is 12.1 Å². The summed E-state index contributed by atoms with van der Waals surface area (Å²) in [5, 5.41) is 0. The molecule has 86 valence electrons. The van der Waals surface area contributed by atoms with E-state index in [0.717, 1.165) is 24.7 Å². The van der Waals surface area contributed by atoms with E-state index in [0.29, 0.717) is 12.0 Å². The predicted molar refractivity (Wildman–Crippen MR) is 63.5 cm³/mol. The van der Waals surface area contributed by atoms with E-state index in [2.05, 4.69) is 0 Å². The fraction of sp³-hybridized carbons (Fsp3) is 0.385. The number of carbonyl (C=O) groups excluding carboxylic acids is 2. The van der Waals surface area contributed by atoms with Crippen LogP contribution < -0.4 is 0 Å². The molecule has 0 fully saturated rings. The van der Waals surface area contributed by atoms with Gasteiger partial charge in [-0.25, -0.2) is 0 Å². The summed E-state index contributed by atoms with van der Waals surface area (Å²) >= 11 is 0. The van der Waals surface area contributed by atoms with E-state index in [9.17, 15) is 9.59 Å². The Kier molecular flexibility index (Phi) is 4.70. The molecule has 0 heterocycles. The van der Waals surface area contributed by atoms with Crippen LogP contribution in [0.15, 0.2) is 24.3 Å². The van der Waals surface area contributed by atoms with Gasteiger partial charge in [-0.2, -0.15) is 0 Å². The van der Waals surface area contributed by atoms with E-state index in [-0.39, 0.29) is 5.91 Å². The van der Waals surface area contributed by atoms with Crippen molar-refractivity contribution in [1.82, 2.24) is 4.90 Å². The summed E-state index contributed by atoms with van der Waals surface area (Å²) in [6.45, 7) is 0. The molecule has 0 saturated heterocycles. The molecule has 16 heavy (non-hydrogen) atoms. The normalized spacial score (nSPS) is 9.88. The highest BCUT2D eigenvalue weighted by Gasteiger charge is 2.03. The van der Waals surface area contributed by atoms with Gasteiger partial charge < -0.3 is 4.90 Å². The van der Waals surface area contributed by atoms with Crippen LogP contribution in [0.4, 0.5) is 0 Å². The Balaban J connectivity index is 2.37. The summed E-state index contributed by atoms with van der Waals surface area (Å²) in [5.74, 6) is 0.157. The molecule has 0 bridgehead atoms. The molecular formula is C13H17NO2. The van der Waals surface area contributed by atoms with Crippen LogP contribution in [0.25, 0.3) is 0 Å². The van der Waals surface area contributed by atoms with E-state index in [1.54, 1.807) is 31.1 Å². The van der Waals surface area contributed by atoms with Crippen LogP contribution in [-0.4, -0.2) is 31.2 Å². The minimum absolute atomic E-state index is 0.157. The van der Waals surface area contributed by atoms with Crippen molar-refractivity contribution in [2.45, 2.75) is 19.3 Å². The van der Waals surface area contributed by atoms with Crippen LogP contribution in [0, 0.1) is 0 Å². The van der Waals surface area contributed by atoms with Gasteiger partial charge in [-0.05, 0) is 18.4 Å². The number of aldehydes is 1. The second kappa shape index (κ2) is 6.05. The third-order valence-electron chi connectivity index (χ3n) is 2.47. The second-order valence-corrected chi connectivity index (χ2v) is 4.00. The molecule has 0 aliphatic rings. The van der Waals surface area contributed by atoms with Crippen molar-refractivity contribution in [3.63, 3.8) is 0 Å². The Morgan fingerprint density at radius 2 is 1.88 bits per heavy atom. The van der Waals surface area contributed by atoms with Crippen molar-refractivity contribution in [1.29, 1.82) is 0 Å². The van der Waals surface area contributed by atoms with Gasteiger partial charge >= 0.3 is 0 Å². The molecule has 0 atom stereocenters. The SMILES string of the molecule is CN(C)C(=O)CCCc1ccc(C=O)cc1. The monoisotopic (exact) mass is 219 g/mol. The molecule has 0 unspecified atom stereocenters. The zero-order chi connectivity index (χ0) is 12.0. The Morgan fingerprint density at radius 3 is 2.38 bits per heavy atom. The number of carbonyl (C=O) groups is 2. The summed E-state index contributed by atoms with van der Waals surface area (Å²) in [7, 11) is 3.53. The first kappa shape index (κ1) is 12.4. The maximum atomic E-state index is 11.3. The molecule has 0 saturated carbocycles. The van der Waals surface area contributed by atoms with Crippen molar-refractivity contribution < 1.29 is 9.59 Å². The summed E-state index contributed by atoms with van der Waals surface area (Å²) < 4.78 is 0. The zero-order valence-corrected chi connectivity index (χ0v) is 9.77. The number of benzene rings is 1. The molecule has 1 aromatic carbocycles. The Morgan fingerprint density at radius 1 is 1.25 bits per heavy atom. The molecule has 3 nitrogen and oxygen atoms in total. The second-order valence-electron chi connectivity index (χ2n) is 4.00. The lowest BCUT2D eigenvalue weighted by molar-refractivity contribution is -0.128. The van der Waals surface area contributed by atoms with E-state index in [1.165, 1.54) is 0 Å². The average molecular weight is 219 g/mol. The first-order valence-corrected chi connectivity index (χ1v) is 5.38. The molecule has 0 aliphatic heterocycles. The number of aryl methyl sites for hydroxylation is 1. The van der Waals surface area contributed by atoms with Gasteiger partial charge in [0.15, 0.2) is 0 Å². The lowest BCUT2D eigenvalue weighted by Crippen LogP contribution is -2.21. The maximum absolute atomic E-state index is 11.3. The Labute approximate surface area is 96.1 Å². The van der Waals surface area contributed by atoms with Crippen molar-refractivity contribution >= 4 is 12.2 Å². The standard InChI is InChI=1S/C13H17NO2/c1-14(2)13(16)5-3-4-11-6-8-12(10-15)9-7-11/h6-10H,3-5H2,1-2H3. The largest absolute Gasteiger partial charge is 0.349 e. The topological polar surface area (TPSA) is 37.4 Å². The van der Waals surface area contributed by atoms with Gasteiger partial charge in [0.2, 0.25) is 5.91 Å². The molecule has 0 spiro atoms. The molecule has 0 radical (unpaired) electrons. The van der Waals surface area contributed by atoms with Gasteiger partial charge in [0.1, 0.15) is 6.29 Å². The van der Waals surface area contributed by atoms with Gasteiger partial charge in [0.25, 0.3) is 0 Å². The van der Waals surface area contributed by atoms with Crippen LogP contribution in [0.2, 0.25) is 0 Å². The van der Waals surface area contributed by atoms with E-state index < -0.39 is 0 Å². The molecular weight excluding hydrogens is 202 g/mol. The summed E-state index contributed by atoms with van der Waals surface area (Å²) in [4.78, 5) is 23.4. The first-order chi connectivity index (χ1) is 7.63. The van der Waals surface area contributed by atoms with Crippen LogP contribution in [-0.2, 0) is 11.2 Å². The summed E-state index contributed by atoms with van der Waals surface area (Å²) in [6.07, 6.45) is 3.12. The molecule has 3 heteroatoms. The van der Waals surface area contributed by atoms with E-state index >= 15 is 0 Å². The van der Waals surface area contributed by atoms with Crippen molar-refractivity contribution in [2.75, 3.05) is 14.1 Å². The third-order valence-corrected chi connectivity index (χ3v) is 2.47.